The smallest absolute Gasteiger partial charge is 0.274 e. The second-order valence-electron chi connectivity index (χ2n) is 3.88. The fourth-order valence-electron chi connectivity index (χ4n) is 1.75. The van der Waals surface area contributed by atoms with E-state index >= 15 is 0 Å². The van der Waals surface area contributed by atoms with E-state index in [2.05, 4.69) is 9.97 Å². The lowest BCUT2D eigenvalue weighted by molar-refractivity contribution is 0.0706. The molecular weight excluding hydrogens is 262 g/mol. The van der Waals surface area contributed by atoms with Crippen LogP contribution >= 0.6 is 11.3 Å². The molecule has 94 valence electrons. The van der Waals surface area contributed by atoms with Gasteiger partial charge in [0.1, 0.15) is 5.01 Å². The molecular formula is C13H9N3O2S. The summed E-state index contributed by atoms with van der Waals surface area (Å²) >= 11 is 1.49. The maximum atomic E-state index is 11.3. The summed E-state index contributed by atoms with van der Waals surface area (Å²) in [5, 5.41) is 9.50. The average molecular weight is 271 g/mol. The number of hydrogen-bond acceptors (Lipinski definition) is 5. The van der Waals surface area contributed by atoms with Gasteiger partial charge < -0.3 is 0 Å². The molecule has 6 heteroatoms. The van der Waals surface area contributed by atoms with Gasteiger partial charge in [0, 0.05) is 23.5 Å². The molecule has 0 unspecified atom stereocenters. The highest BCUT2D eigenvalue weighted by Gasteiger charge is 2.09. The molecule has 0 saturated carbocycles. The van der Waals surface area contributed by atoms with Crippen LogP contribution in [0.15, 0.2) is 42.7 Å². The van der Waals surface area contributed by atoms with Gasteiger partial charge in [-0.25, -0.2) is 10.5 Å². The molecule has 0 aliphatic heterocycles. The second-order valence-corrected chi connectivity index (χ2v) is 4.91. The molecule has 0 saturated heterocycles. The van der Waals surface area contributed by atoms with Crippen LogP contribution in [-0.2, 0) is 0 Å². The number of nitrogens with one attached hydrogen (secondary N) is 1. The Morgan fingerprint density at radius 2 is 2.00 bits per heavy atom. The highest BCUT2D eigenvalue weighted by atomic mass is 32.1. The molecule has 0 fully saturated rings. The van der Waals surface area contributed by atoms with Gasteiger partial charge in [-0.15, -0.1) is 11.3 Å². The number of hydroxylamine groups is 1. The van der Waals surface area contributed by atoms with Crippen LogP contribution in [0, 0.1) is 0 Å². The molecule has 1 aromatic carbocycles. The van der Waals surface area contributed by atoms with Crippen molar-refractivity contribution in [2.24, 2.45) is 0 Å². The molecule has 2 heterocycles. The molecule has 0 atom stereocenters. The number of amides is 1. The number of rotatable bonds is 2. The van der Waals surface area contributed by atoms with E-state index in [0.717, 1.165) is 20.8 Å². The van der Waals surface area contributed by atoms with Crippen LogP contribution in [0.5, 0.6) is 0 Å². The lowest BCUT2D eigenvalue weighted by Crippen LogP contribution is -2.18. The van der Waals surface area contributed by atoms with Gasteiger partial charge in [-0.3, -0.25) is 15.0 Å². The monoisotopic (exact) mass is 271 g/mol. The third kappa shape index (κ3) is 2.18. The topological polar surface area (TPSA) is 75.1 Å². The number of pyridine rings is 1. The van der Waals surface area contributed by atoms with Crippen molar-refractivity contribution < 1.29 is 10.0 Å². The molecule has 19 heavy (non-hydrogen) atoms. The third-order valence-electron chi connectivity index (χ3n) is 2.68. The van der Waals surface area contributed by atoms with E-state index in [0.29, 0.717) is 5.56 Å². The third-order valence-corrected chi connectivity index (χ3v) is 3.75. The number of nitrogens with zero attached hydrogens (tertiary/aromatic N) is 2. The number of fused-ring (bicyclic) bond motifs is 1. The molecule has 2 aromatic heterocycles. The summed E-state index contributed by atoms with van der Waals surface area (Å²) in [5.74, 6) is -0.527. The van der Waals surface area contributed by atoms with Gasteiger partial charge in [-0.05, 0) is 30.3 Å². The van der Waals surface area contributed by atoms with Crippen LogP contribution in [0.4, 0.5) is 0 Å². The summed E-state index contributed by atoms with van der Waals surface area (Å²) in [6.07, 6.45) is 3.43. The van der Waals surface area contributed by atoms with Gasteiger partial charge in [-0.2, -0.15) is 0 Å². The quantitative estimate of drug-likeness (QED) is 0.554. The van der Waals surface area contributed by atoms with Crippen molar-refractivity contribution in [3.8, 4) is 10.6 Å². The van der Waals surface area contributed by atoms with E-state index in [-0.39, 0.29) is 0 Å². The van der Waals surface area contributed by atoms with Gasteiger partial charge in [0.25, 0.3) is 5.91 Å². The maximum absolute atomic E-state index is 11.3. The minimum Gasteiger partial charge on any atom is -0.288 e. The van der Waals surface area contributed by atoms with E-state index in [1.807, 2.05) is 12.1 Å². The average Bonchev–Trinajstić information content (AvgIpc) is 2.90. The van der Waals surface area contributed by atoms with Crippen LogP contribution in [0.1, 0.15) is 10.4 Å². The van der Waals surface area contributed by atoms with E-state index in [1.54, 1.807) is 36.1 Å². The van der Waals surface area contributed by atoms with Crippen molar-refractivity contribution in [1.29, 1.82) is 0 Å². The second kappa shape index (κ2) is 4.75. The largest absolute Gasteiger partial charge is 0.288 e. The Labute approximate surface area is 112 Å². The van der Waals surface area contributed by atoms with E-state index in [1.165, 1.54) is 11.3 Å². The van der Waals surface area contributed by atoms with Gasteiger partial charge in [0.15, 0.2) is 0 Å². The lowest BCUT2D eigenvalue weighted by Gasteiger charge is -1.96. The zero-order valence-electron chi connectivity index (χ0n) is 9.70. The van der Waals surface area contributed by atoms with Crippen molar-refractivity contribution in [2.75, 3.05) is 0 Å². The van der Waals surface area contributed by atoms with Gasteiger partial charge in [0.05, 0.1) is 10.2 Å². The number of thiazole rings is 1. The van der Waals surface area contributed by atoms with E-state index in [4.69, 9.17) is 5.21 Å². The fourth-order valence-corrected chi connectivity index (χ4v) is 2.76. The Bertz CT molecular complexity index is 740. The molecule has 3 aromatic rings. The minimum absolute atomic E-state index is 0.403. The van der Waals surface area contributed by atoms with Crippen LogP contribution in [-0.4, -0.2) is 21.1 Å². The molecule has 0 spiro atoms. The van der Waals surface area contributed by atoms with Gasteiger partial charge >= 0.3 is 0 Å². The van der Waals surface area contributed by atoms with Crippen molar-refractivity contribution in [1.82, 2.24) is 15.4 Å². The molecule has 0 aliphatic rings. The number of hydrogen-bond donors (Lipinski definition) is 2. The number of carbonyl (C=O) groups is 1. The maximum Gasteiger partial charge on any atom is 0.274 e. The van der Waals surface area contributed by atoms with Crippen LogP contribution in [0.2, 0.25) is 0 Å². The summed E-state index contributed by atoms with van der Waals surface area (Å²) in [5.41, 5.74) is 3.84. The standard InChI is InChI=1S/C13H9N3O2S/c17-12(16-18)9-1-2-10-11(7-9)19-13(15-10)8-3-5-14-6-4-8/h1-7,18H,(H,16,17). The summed E-state index contributed by atoms with van der Waals surface area (Å²) in [6, 6.07) is 8.88. The lowest BCUT2D eigenvalue weighted by atomic mass is 10.2. The van der Waals surface area contributed by atoms with Crippen molar-refractivity contribution in [2.45, 2.75) is 0 Å². The summed E-state index contributed by atoms with van der Waals surface area (Å²) in [6.45, 7) is 0. The Kier molecular flexibility index (Phi) is 2.94. The number of aromatic nitrogens is 2. The van der Waals surface area contributed by atoms with Crippen molar-refractivity contribution in [3.63, 3.8) is 0 Å². The van der Waals surface area contributed by atoms with Crippen LogP contribution in [0.25, 0.3) is 20.8 Å². The Hall–Kier alpha value is -2.31. The summed E-state index contributed by atoms with van der Waals surface area (Å²) in [7, 11) is 0. The van der Waals surface area contributed by atoms with Gasteiger partial charge in [-0.1, -0.05) is 0 Å². The molecule has 5 nitrogen and oxygen atoms in total. The summed E-state index contributed by atoms with van der Waals surface area (Å²) < 4.78 is 0.896. The zero-order chi connectivity index (χ0) is 13.2. The van der Waals surface area contributed by atoms with Crippen molar-refractivity contribution >= 4 is 27.5 Å². The first kappa shape index (κ1) is 11.8. The van der Waals surface area contributed by atoms with E-state index < -0.39 is 5.91 Å². The molecule has 0 radical (unpaired) electrons. The normalized spacial score (nSPS) is 10.6. The van der Waals surface area contributed by atoms with E-state index in [9.17, 15) is 4.79 Å². The van der Waals surface area contributed by atoms with Gasteiger partial charge in [0.2, 0.25) is 0 Å². The molecule has 0 bridgehead atoms. The minimum atomic E-state index is -0.527. The first-order valence-electron chi connectivity index (χ1n) is 5.53. The predicted octanol–water partition coefficient (Wildman–Crippen LogP) is 2.48. The summed E-state index contributed by atoms with van der Waals surface area (Å²) in [4.78, 5) is 19.8. The van der Waals surface area contributed by atoms with Crippen LogP contribution in [0.3, 0.4) is 0 Å². The Morgan fingerprint density at radius 3 is 2.74 bits per heavy atom. The highest BCUT2D eigenvalue weighted by molar-refractivity contribution is 7.21. The van der Waals surface area contributed by atoms with Crippen molar-refractivity contribution in [3.05, 3.63) is 48.3 Å². The Morgan fingerprint density at radius 1 is 1.21 bits per heavy atom. The number of benzene rings is 1. The highest BCUT2D eigenvalue weighted by Crippen LogP contribution is 2.30. The molecule has 3 rings (SSSR count). The molecule has 2 N–H and O–H groups in total. The first-order valence-corrected chi connectivity index (χ1v) is 6.35. The zero-order valence-corrected chi connectivity index (χ0v) is 10.5. The fraction of sp³-hybridized carbons (Fsp3) is 0. The first-order chi connectivity index (χ1) is 9.28. The number of carbonyl (C=O) groups excluding carboxylic acids is 1. The predicted molar refractivity (Wildman–Crippen MR) is 72.1 cm³/mol. The Balaban J connectivity index is 2.09. The molecule has 0 aliphatic carbocycles. The molecule has 1 amide bonds. The van der Waals surface area contributed by atoms with Crippen LogP contribution < -0.4 is 5.48 Å². The SMILES string of the molecule is O=C(NO)c1ccc2nc(-c3ccncc3)sc2c1.